The molecular formula is C33H42N4O7. The molecule has 44 heavy (non-hydrogen) atoms. The maximum atomic E-state index is 13.0. The molecule has 1 unspecified atom stereocenters. The Morgan fingerprint density at radius 1 is 0.750 bits per heavy atom. The van der Waals surface area contributed by atoms with Gasteiger partial charge in [-0.3, -0.25) is 14.4 Å². The molecule has 0 aliphatic rings. The number of carbonyl (C=O) groups excluding carboxylic acids is 4. The Labute approximate surface area is 258 Å². The second-order valence-electron chi connectivity index (χ2n) is 9.58. The first-order valence-corrected chi connectivity index (χ1v) is 14.3. The van der Waals surface area contributed by atoms with Crippen molar-refractivity contribution in [3.63, 3.8) is 0 Å². The minimum atomic E-state index is -0.710. The number of hydrogen-bond donors (Lipinski definition) is 4. The van der Waals surface area contributed by atoms with Gasteiger partial charge in [0.25, 0.3) is 0 Å². The lowest BCUT2D eigenvalue weighted by Crippen LogP contribution is -2.35. The van der Waals surface area contributed by atoms with Crippen molar-refractivity contribution in [2.75, 3.05) is 37.3 Å². The van der Waals surface area contributed by atoms with Gasteiger partial charge in [-0.1, -0.05) is 45.0 Å². The molecule has 0 spiro atoms. The van der Waals surface area contributed by atoms with Crippen LogP contribution in [0.25, 0.3) is 0 Å². The molecular weight excluding hydrogens is 564 g/mol. The summed E-state index contributed by atoms with van der Waals surface area (Å²) in [4.78, 5) is 50.1. The molecule has 11 heteroatoms. The fourth-order valence-electron chi connectivity index (χ4n) is 4.10. The van der Waals surface area contributed by atoms with Gasteiger partial charge in [-0.05, 0) is 60.5 Å². The normalized spacial score (nSPS) is 11.4. The molecule has 3 aromatic carbocycles. The molecule has 0 radical (unpaired) electrons. The SMILES string of the molecule is CC.COC(=O)C[C@H](NC(=O)C(C)CC(=O)Nc1ccc(NC(=O)Nc2ccccc2C)cc1)c1ccc(OC)c(OC)c1. The van der Waals surface area contributed by atoms with Crippen molar-refractivity contribution in [3.05, 3.63) is 77.9 Å². The molecule has 0 bridgehead atoms. The van der Waals surface area contributed by atoms with Crippen LogP contribution in [-0.4, -0.2) is 45.1 Å². The van der Waals surface area contributed by atoms with Gasteiger partial charge in [-0.25, -0.2) is 4.79 Å². The Kier molecular flexibility index (Phi) is 14.2. The number of urea groups is 1. The Morgan fingerprint density at radius 2 is 1.36 bits per heavy atom. The summed E-state index contributed by atoms with van der Waals surface area (Å²) in [6.45, 7) is 7.52. The van der Waals surface area contributed by atoms with Crippen molar-refractivity contribution >= 4 is 40.9 Å². The quantitative estimate of drug-likeness (QED) is 0.183. The number of ether oxygens (including phenoxy) is 3. The number of methoxy groups -OCH3 is 3. The lowest BCUT2D eigenvalue weighted by Gasteiger charge is -2.22. The van der Waals surface area contributed by atoms with Crippen LogP contribution in [0, 0.1) is 12.8 Å². The van der Waals surface area contributed by atoms with Crippen molar-refractivity contribution in [2.45, 2.75) is 46.6 Å². The van der Waals surface area contributed by atoms with Crippen molar-refractivity contribution in [3.8, 4) is 11.5 Å². The molecule has 0 heterocycles. The van der Waals surface area contributed by atoms with Crippen LogP contribution in [-0.2, 0) is 19.1 Å². The van der Waals surface area contributed by atoms with Crippen LogP contribution >= 0.6 is 0 Å². The summed E-state index contributed by atoms with van der Waals surface area (Å²) in [6, 6.07) is 18.0. The van der Waals surface area contributed by atoms with E-state index >= 15 is 0 Å². The molecule has 0 saturated heterocycles. The monoisotopic (exact) mass is 606 g/mol. The fourth-order valence-corrected chi connectivity index (χ4v) is 4.10. The van der Waals surface area contributed by atoms with Gasteiger partial charge < -0.3 is 35.5 Å². The molecule has 3 rings (SSSR count). The number of carbonyl (C=O) groups is 4. The zero-order chi connectivity index (χ0) is 32.6. The minimum absolute atomic E-state index is 0.0957. The molecule has 4 amide bonds. The highest BCUT2D eigenvalue weighted by Gasteiger charge is 2.24. The summed E-state index contributed by atoms with van der Waals surface area (Å²) in [5, 5.41) is 11.1. The van der Waals surface area contributed by atoms with E-state index in [1.54, 1.807) is 49.4 Å². The highest BCUT2D eigenvalue weighted by Crippen LogP contribution is 2.31. The molecule has 236 valence electrons. The lowest BCUT2D eigenvalue weighted by atomic mass is 10.0. The molecule has 0 aliphatic heterocycles. The summed E-state index contributed by atoms with van der Waals surface area (Å²) in [5.74, 6) is -1.04. The van der Waals surface area contributed by atoms with E-state index in [4.69, 9.17) is 14.2 Å². The Morgan fingerprint density at radius 3 is 1.95 bits per heavy atom. The summed E-state index contributed by atoms with van der Waals surface area (Å²) < 4.78 is 15.4. The molecule has 11 nitrogen and oxygen atoms in total. The van der Waals surface area contributed by atoms with Crippen LogP contribution in [0.1, 0.15) is 50.8 Å². The second-order valence-corrected chi connectivity index (χ2v) is 9.58. The molecule has 3 aromatic rings. The number of hydrogen-bond acceptors (Lipinski definition) is 7. The summed E-state index contributed by atoms with van der Waals surface area (Å²) in [7, 11) is 4.27. The number of para-hydroxylation sites is 1. The van der Waals surface area contributed by atoms with Gasteiger partial charge in [0.1, 0.15) is 0 Å². The predicted octanol–water partition coefficient (Wildman–Crippen LogP) is 6.07. The molecule has 0 fully saturated rings. The van der Waals surface area contributed by atoms with Crippen molar-refractivity contribution < 1.29 is 33.4 Å². The molecule has 4 N–H and O–H groups in total. The maximum Gasteiger partial charge on any atom is 0.323 e. The second kappa shape index (κ2) is 17.8. The Balaban J connectivity index is 0.00000330. The summed E-state index contributed by atoms with van der Waals surface area (Å²) in [5.41, 5.74) is 3.31. The zero-order valence-electron chi connectivity index (χ0n) is 26.3. The fraction of sp³-hybridized carbons (Fsp3) is 0.333. The first-order valence-electron chi connectivity index (χ1n) is 14.3. The summed E-state index contributed by atoms with van der Waals surface area (Å²) >= 11 is 0. The molecule has 0 aromatic heterocycles. The van der Waals surface area contributed by atoms with E-state index in [-0.39, 0.29) is 24.8 Å². The van der Waals surface area contributed by atoms with Crippen molar-refractivity contribution in [1.29, 1.82) is 0 Å². The minimum Gasteiger partial charge on any atom is -0.493 e. The predicted molar refractivity (Wildman–Crippen MR) is 171 cm³/mol. The van der Waals surface area contributed by atoms with Gasteiger partial charge in [-0.15, -0.1) is 0 Å². The van der Waals surface area contributed by atoms with E-state index in [1.165, 1.54) is 21.3 Å². The number of esters is 1. The van der Waals surface area contributed by atoms with Crippen molar-refractivity contribution in [2.24, 2.45) is 5.92 Å². The van der Waals surface area contributed by atoms with Gasteiger partial charge in [-0.2, -0.15) is 0 Å². The first-order chi connectivity index (χ1) is 21.1. The zero-order valence-corrected chi connectivity index (χ0v) is 26.3. The third-order valence-electron chi connectivity index (χ3n) is 6.48. The molecule has 0 aliphatic carbocycles. The largest absolute Gasteiger partial charge is 0.493 e. The van der Waals surface area contributed by atoms with E-state index in [0.717, 1.165) is 5.56 Å². The number of aryl methyl sites for hydroxylation is 1. The number of anilines is 3. The number of nitrogens with one attached hydrogen (secondary N) is 4. The number of amides is 4. The van der Waals surface area contributed by atoms with Crippen LogP contribution in [0.15, 0.2) is 66.7 Å². The van der Waals surface area contributed by atoms with Crippen LogP contribution in [0.2, 0.25) is 0 Å². The van der Waals surface area contributed by atoms with Gasteiger partial charge >= 0.3 is 12.0 Å². The van der Waals surface area contributed by atoms with Gasteiger partial charge in [0.2, 0.25) is 11.8 Å². The highest BCUT2D eigenvalue weighted by molar-refractivity contribution is 6.00. The van der Waals surface area contributed by atoms with E-state index < -0.39 is 23.8 Å². The van der Waals surface area contributed by atoms with Crippen LogP contribution in [0.4, 0.5) is 21.9 Å². The average molecular weight is 607 g/mol. The smallest absolute Gasteiger partial charge is 0.323 e. The van der Waals surface area contributed by atoms with E-state index in [1.807, 2.05) is 45.0 Å². The van der Waals surface area contributed by atoms with Crippen LogP contribution in [0.5, 0.6) is 11.5 Å². The number of benzene rings is 3. The highest BCUT2D eigenvalue weighted by atomic mass is 16.5. The maximum absolute atomic E-state index is 13.0. The van der Waals surface area contributed by atoms with Gasteiger partial charge in [0, 0.05) is 29.4 Å². The lowest BCUT2D eigenvalue weighted by molar-refractivity contribution is -0.141. The number of rotatable bonds is 12. The van der Waals surface area contributed by atoms with Crippen molar-refractivity contribution in [1.82, 2.24) is 5.32 Å². The Hall–Kier alpha value is -5.06. The third kappa shape index (κ3) is 10.6. The summed E-state index contributed by atoms with van der Waals surface area (Å²) in [6.07, 6.45) is -0.207. The standard InChI is InChI=1S/C31H36N4O7.C2H6/c1-19-8-6-7-9-24(19)35-31(39)33-23-13-11-22(12-14-23)32-28(36)16-20(2)30(38)34-25(18-29(37)42-5)21-10-15-26(40-3)27(17-21)41-4;1-2/h6-15,17,20,25H,16,18H2,1-5H3,(H,32,36)(H,34,38)(H2,33,35,39);1-2H3/t20?,25-;/m0./s1. The molecule has 0 saturated carbocycles. The van der Waals surface area contributed by atoms with E-state index in [2.05, 4.69) is 21.3 Å². The molecule has 2 atom stereocenters. The van der Waals surface area contributed by atoms with Gasteiger partial charge in [0.15, 0.2) is 11.5 Å². The first kappa shape index (κ1) is 35.1. The van der Waals surface area contributed by atoms with Gasteiger partial charge in [0.05, 0.1) is 33.8 Å². The topological polar surface area (TPSA) is 144 Å². The van der Waals surface area contributed by atoms with E-state index in [0.29, 0.717) is 34.1 Å². The third-order valence-corrected chi connectivity index (χ3v) is 6.48. The Bertz CT molecular complexity index is 1410. The van der Waals surface area contributed by atoms with E-state index in [9.17, 15) is 19.2 Å². The van der Waals surface area contributed by atoms with Crippen LogP contribution < -0.4 is 30.7 Å². The average Bonchev–Trinajstić information content (AvgIpc) is 3.03. The van der Waals surface area contributed by atoms with Crippen LogP contribution in [0.3, 0.4) is 0 Å².